The predicted octanol–water partition coefficient (Wildman–Crippen LogP) is 1.64. The Hall–Kier alpha value is -1.39. The van der Waals surface area contributed by atoms with Crippen molar-refractivity contribution in [2.45, 2.75) is 31.7 Å². The smallest absolute Gasteiger partial charge is 0.241 e. The average molecular weight is 274 g/mol. The summed E-state index contributed by atoms with van der Waals surface area (Å²) in [6.45, 7) is 2.11. The normalized spacial score (nSPS) is 24.9. The zero-order valence-electron chi connectivity index (χ0n) is 11.7. The van der Waals surface area contributed by atoms with E-state index in [2.05, 4.69) is 16.3 Å². The Balaban J connectivity index is 1.69. The molecule has 0 saturated carbocycles. The number of hydrogen-bond acceptors (Lipinski definition) is 3. The van der Waals surface area contributed by atoms with Crippen molar-refractivity contribution in [2.24, 2.45) is 5.92 Å². The van der Waals surface area contributed by atoms with Crippen LogP contribution in [0.3, 0.4) is 0 Å². The lowest BCUT2D eigenvalue weighted by Crippen LogP contribution is -2.47. The van der Waals surface area contributed by atoms with Crippen molar-refractivity contribution in [3.05, 3.63) is 29.8 Å². The summed E-state index contributed by atoms with van der Waals surface area (Å²) in [6.07, 6.45) is 3.81. The number of rotatable bonds is 2. The minimum atomic E-state index is -0.0259. The van der Waals surface area contributed by atoms with E-state index in [1.165, 1.54) is 5.56 Å². The molecule has 1 aromatic carbocycles. The van der Waals surface area contributed by atoms with Gasteiger partial charge in [0.25, 0.3) is 0 Å². The van der Waals surface area contributed by atoms with Crippen LogP contribution in [0.25, 0.3) is 0 Å². The van der Waals surface area contributed by atoms with E-state index < -0.39 is 0 Å². The van der Waals surface area contributed by atoms with Crippen LogP contribution in [0.5, 0.6) is 0 Å². The van der Waals surface area contributed by atoms with Gasteiger partial charge in [0.2, 0.25) is 5.91 Å². The van der Waals surface area contributed by atoms with Crippen LogP contribution in [0.2, 0.25) is 0 Å². The number of carbonyl (C=O) groups excluding carboxylic acids is 1. The molecule has 2 N–H and O–H groups in total. The Morgan fingerprint density at radius 2 is 1.95 bits per heavy atom. The molecule has 1 unspecified atom stereocenters. The second kappa shape index (κ2) is 5.94. The molecule has 3 rings (SSSR count). The number of aliphatic hydroxyl groups is 1. The standard InChI is InChI=1S/C16H22N2O2/c19-11-12-7-9-18(10-8-12)15-6-5-13-3-1-2-4-14(13)17-16(15)20/h1-4,12,15,19H,5-11H2,(H,17,20). The third kappa shape index (κ3) is 2.72. The minimum Gasteiger partial charge on any atom is -0.396 e. The molecule has 2 aliphatic rings. The molecular formula is C16H22N2O2. The van der Waals surface area contributed by atoms with Gasteiger partial charge >= 0.3 is 0 Å². The number of anilines is 1. The Morgan fingerprint density at radius 3 is 2.70 bits per heavy atom. The summed E-state index contributed by atoms with van der Waals surface area (Å²) in [5.74, 6) is 0.537. The number of carbonyl (C=O) groups is 1. The van der Waals surface area contributed by atoms with Crippen LogP contribution in [-0.2, 0) is 11.2 Å². The molecule has 1 fully saturated rings. The SMILES string of the molecule is O=C1Nc2ccccc2CCC1N1CCC(CO)CC1. The number of amides is 1. The van der Waals surface area contributed by atoms with Crippen molar-refractivity contribution in [1.82, 2.24) is 4.90 Å². The monoisotopic (exact) mass is 274 g/mol. The van der Waals surface area contributed by atoms with Gasteiger partial charge in [-0.05, 0) is 56.3 Å². The molecular weight excluding hydrogens is 252 g/mol. The Labute approximate surface area is 119 Å². The number of hydrogen-bond donors (Lipinski definition) is 2. The number of aliphatic hydroxyl groups excluding tert-OH is 1. The summed E-state index contributed by atoms with van der Waals surface area (Å²) in [5, 5.41) is 12.3. The van der Waals surface area contributed by atoms with Gasteiger partial charge in [0, 0.05) is 12.3 Å². The van der Waals surface area contributed by atoms with Crippen LogP contribution in [0.4, 0.5) is 5.69 Å². The Morgan fingerprint density at radius 1 is 1.20 bits per heavy atom. The largest absolute Gasteiger partial charge is 0.396 e. The highest BCUT2D eigenvalue weighted by atomic mass is 16.3. The summed E-state index contributed by atoms with van der Waals surface area (Å²) in [5.41, 5.74) is 2.19. The van der Waals surface area contributed by atoms with Gasteiger partial charge in [0.15, 0.2) is 0 Å². The van der Waals surface area contributed by atoms with E-state index in [9.17, 15) is 9.90 Å². The molecule has 0 radical (unpaired) electrons. The van der Waals surface area contributed by atoms with E-state index >= 15 is 0 Å². The van der Waals surface area contributed by atoms with Gasteiger partial charge in [-0.1, -0.05) is 18.2 Å². The number of aryl methyl sites for hydroxylation is 1. The zero-order valence-corrected chi connectivity index (χ0v) is 11.7. The molecule has 1 aromatic rings. The van der Waals surface area contributed by atoms with Crippen molar-refractivity contribution in [1.29, 1.82) is 0 Å². The van der Waals surface area contributed by atoms with E-state index in [1.807, 2.05) is 18.2 Å². The number of likely N-dealkylation sites (tertiary alicyclic amines) is 1. The molecule has 20 heavy (non-hydrogen) atoms. The summed E-state index contributed by atoms with van der Waals surface area (Å²) < 4.78 is 0. The molecule has 1 saturated heterocycles. The van der Waals surface area contributed by atoms with E-state index in [1.54, 1.807) is 0 Å². The molecule has 2 aliphatic heterocycles. The highest BCUT2D eigenvalue weighted by Gasteiger charge is 2.31. The van der Waals surface area contributed by atoms with Gasteiger partial charge in [0.1, 0.15) is 0 Å². The molecule has 4 heteroatoms. The lowest BCUT2D eigenvalue weighted by atomic mass is 9.95. The molecule has 2 heterocycles. The van der Waals surface area contributed by atoms with Crippen LogP contribution < -0.4 is 5.32 Å². The van der Waals surface area contributed by atoms with Gasteiger partial charge in [-0.3, -0.25) is 9.69 Å². The van der Waals surface area contributed by atoms with E-state index in [0.29, 0.717) is 5.92 Å². The molecule has 1 atom stereocenters. The van der Waals surface area contributed by atoms with Crippen molar-refractivity contribution in [3.63, 3.8) is 0 Å². The van der Waals surface area contributed by atoms with Crippen molar-refractivity contribution < 1.29 is 9.90 Å². The van der Waals surface area contributed by atoms with E-state index in [4.69, 9.17) is 0 Å². The molecule has 108 valence electrons. The fourth-order valence-electron chi connectivity index (χ4n) is 3.30. The van der Waals surface area contributed by atoms with Crippen LogP contribution in [0, 0.1) is 5.92 Å². The molecule has 0 aliphatic carbocycles. The van der Waals surface area contributed by atoms with Crippen LogP contribution >= 0.6 is 0 Å². The first kappa shape index (κ1) is 13.6. The number of benzene rings is 1. The van der Waals surface area contributed by atoms with Gasteiger partial charge in [0.05, 0.1) is 6.04 Å². The van der Waals surface area contributed by atoms with E-state index in [-0.39, 0.29) is 18.6 Å². The minimum absolute atomic E-state index is 0.0259. The quantitative estimate of drug-likeness (QED) is 0.862. The summed E-state index contributed by atoms with van der Waals surface area (Å²) in [4.78, 5) is 14.7. The molecule has 0 aromatic heterocycles. The predicted molar refractivity (Wildman–Crippen MR) is 78.6 cm³/mol. The highest BCUT2D eigenvalue weighted by Crippen LogP contribution is 2.26. The van der Waals surface area contributed by atoms with Crippen LogP contribution in [0.15, 0.2) is 24.3 Å². The second-order valence-corrected chi connectivity index (χ2v) is 5.86. The number of nitrogens with one attached hydrogen (secondary N) is 1. The second-order valence-electron chi connectivity index (χ2n) is 5.86. The maximum atomic E-state index is 12.4. The fraction of sp³-hybridized carbons (Fsp3) is 0.562. The Bertz CT molecular complexity index is 481. The lowest BCUT2D eigenvalue weighted by Gasteiger charge is -2.35. The van der Waals surface area contributed by atoms with Gasteiger partial charge in [-0.2, -0.15) is 0 Å². The lowest BCUT2D eigenvalue weighted by molar-refractivity contribution is -0.122. The number of para-hydroxylation sites is 1. The maximum absolute atomic E-state index is 12.4. The highest BCUT2D eigenvalue weighted by molar-refractivity contribution is 5.96. The van der Waals surface area contributed by atoms with E-state index in [0.717, 1.165) is 44.5 Å². The molecule has 0 bridgehead atoms. The molecule has 4 nitrogen and oxygen atoms in total. The average Bonchev–Trinajstić information content (AvgIpc) is 2.66. The first-order chi connectivity index (χ1) is 9.78. The fourth-order valence-corrected chi connectivity index (χ4v) is 3.30. The van der Waals surface area contributed by atoms with Crippen molar-refractivity contribution in [2.75, 3.05) is 25.0 Å². The van der Waals surface area contributed by atoms with Crippen molar-refractivity contribution >= 4 is 11.6 Å². The van der Waals surface area contributed by atoms with Gasteiger partial charge < -0.3 is 10.4 Å². The van der Waals surface area contributed by atoms with Crippen LogP contribution in [0.1, 0.15) is 24.8 Å². The number of fused-ring (bicyclic) bond motifs is 1. The first-order valence-electron chi connectivity index (χ1n) is 7.51. The maximum Gasteiger partial charge on any atom is 0.241 e. The third-order valence-corrected chi connectivity index (χ3v) is 4.61. The molecule has 0 spiro atoms. The topological polar surface area (TPSA) is 52.6 Å². The van der Waals surface area contributed by atoms with Gasteiger partial charge in [-0.15, -0.1) is 0 Å². The third-order valence-electron chi connectivity index (χ3n) is 4.61. The summed E-state index contributed by atoms with van der Waals surface area (Å²) in [7, 11) is 0. The van der Waals surface area contributed by atoms with Gasteiger partial charge in [-0.25, -0.2) is 0 Å². The Kier molecular flexibility index (Phi) is 4.03. The first-order valence-corrected chi connectivity index (χ1v) is 7.51. The number of nitrogens with zero attached hydrogens (tertiary/aromatic N) is 1. The molecule has 1 amide bonds. The summed E-state index contributed by atoms with van der Waals surface area (Å²) in [6, 6.07) is 8.04. The van der Waals surface area contributed by atoms with Crippen molar-refractivity contribution in [3.8, 4) is 0 Å². The summed E-state index contributed by atoms with van der Waals surface area (Å²) >= 11 is 0. The zero-order chi connectivity index (χ0) is 13.9. The van der Waals surface area contributed by atoms with Crippen LogP contribution in [-0.4, -0.2) is 41.7 Å². The number of piperidine rings is 1.